The van der Waals surface area contributed by atoms with Gasteiger partial charge in [-0.2, -0.15) is 9.97 Å². The Hall–Kier alpha value is -5.86. The molecule has 2 aromatic carbocycles. The Kier molecular flexibility index (Phi) is 7.94. The second kappa shape index (κ2) is 11.7. The first kappa shape index (κ1) is 27.2. The van der Waals surface area contributed by atoms with Gasteiger partial charge in [-0.15, -0.1) is 0 Å². The van der Waals surface area contributed by atoms with E-state index in [1.165, 1.54) is 42.6 Å². The summed E-state index contributed by atoms with van der Waals surface area (Å²) in [6, 6.07) is 10.2. The van der Waals surface area contributed by atoms with Crippen LogP contribution in [0, 0.1) is 0 Å². The van der Waals surface area contributed by atoms with Gasteiger partial charge in [-0.1, -0.05) is 12.1 Å². The second-order valence-corrected chi connectivity index (χ2v) is 8.36. The van der Waals surface area contributed by atoms with E-state index < -0.39 is 36.3 Å². The molecule has 0 spiro atoms. The molecule has 2 amide bonds. The Bertz CT molecular complexity index is 1610. The van der Waals surface area contributed by atoms with Gasteiger partial charge in [-0.25, -0.2) is 19.6 Å². The van der Waals surface area contributed by atoms with Crippen LogP contribution in [0.1, 0.15) is 36.8 Å². The standard InChI is InChI=1S/C25H23N9O6/c26-19-18-20(34-25(27)33-19)29-10-14(31-18)9-28-13-7-5-12(6-8-13)21(35)32-17(24(39)40)11-30-22(36)15-3-1-2-4-16(15)23(37)38/h1-8,10,17,28H,9,11H2,(H,30,36)(H,32,35)(H,37,38)(H,39,40)(H4,26,27,29,33,34)/t17-/m0/s1. The highest BCUT2D eigenvalue weighted by Gasteiger charge is 2.23. The molecule has 15 nitrogen and oxygen atoms in total. The van der Waals surface area contributed by atoms with Crippen molar-refractivity contribution in [2.24, 2.45) is 0 Å². The number of benzene rings is 2. The van der Waals surface area contributed by atoms with Crippen molar-refractivity contribution < 1.29 is 29.4 Å². The van der Waals surface area contributed by atoms with Crippen LogP contribution in [0.25, 0.3) is 11.2 Å². The average molecular weight is 546 g/mol. The van der Waals surface area contributed by atoms with Crippen LogP contribution in [0.15, 0.2) is 54.7 Å². The molecule has 4 rings (SSSR count). The van der Waals surface area contributed by atoms with Crippen molar-refractivity contribution >= 4 is 52.4 Å². The van der Waals surface area contributed by atoms with E-state index in [1.807, 2.05) is 0 Å². The van der Waals surface area contributed by atoms with Crippen LogP contribution in [0.3, 0.4) is 0 Å². The number of aliphatic carboxylic acids is 1. The van der Waals surface area contributed by atoms with Crippen molar-refractivity contribution in [3.05, 3.63) is 77.1 Å². The predicted molar refractivity (Wildman–Crippen MR) is 142 cm³/mol. The molecule has 4 aromatic rings. The molecule has 0 saturated carbocycles. The van der Waals surface area contributed by atoms with Gasteiger partial charge in [-0.3, -0.25) is 9.59 Å². The lowest BCUT2D eigenvalue weighted by molar-refractivity contribution is -0.139. The summed E-state index contributed by atoms with van der Waals surface area (Å²) in [5, 5.41) is 26.6. The number of carbonyl (C=O) groups is 4. The van der Waals surface area contributed by atoms with Crippen LogP contribution in [-0.4, -0.2) is 66.5 Å². The van der Waals surface area contributed by atoms with Gasteiger partial charge in [0.15, 0.2) is 17.0 Å². The highest BCUT2D eigenvalue weighted by molar-refractivity contribution is 6.05. The first-order valence-electron chi connectivity index (χ1n) is 11.6. The lowest BCUT2D eigenvalue weighted by Gasteiger charge is -2.16. The second-order valence-electron chi connectivity index (χ2n) is 8.36. The number of nitrogens with zero attached hydrogens (tertiary/aromatic N) is 4. The number of nitrogens with one attached hydrogen (secondary N) is 3. The van der Waals surface area contributed by atoms with Gasteiger partial charge in [0.05, 0.1) is 29.6 Å². The Morgan fingerprint density at radius 2 is 1.57 bits per heavy atom. The van der Waals surface area contributed by atoms with Gasteiger partial charge in [0.2, 0.25) is 5.95 Å². The van der Waals surface area contributed by atoms with Crippen LogP contribution in [0.2, 0.25) is 0 Å². The van der Waals surface area contributed by atoms with Gasteiger partial charge in [0.1, 0.15) is 6.04 Å². The van der Waals surface area contributed by atoms with Gasteiger partial charge in [0.25, 0.3) is 11.8 Å². The van der Waals surface area contributed by atoms with E-state index in [0.29, 0.717) is 16.9 Å². The summed E-state index contributed by atoms with van der Waals surface area (Å²) in [5.41, 5.74) is 13.0. The summed E-state index contributed by atoms with van der Waals surface area (Å²) in [7, 11) is 0. The third-order valence-corrected chi connectivity index (χ3v) is 5.59. The molecule has 0 unspecified atom stereocenters. The van der Waals surface area contributed by atoms with E-state index >= 15 is 0 Å². The Balaban J connectivity index is 1.35. The molecular weight excluding hydrogens is 522 g/mol. The molecule has 40 heavy (non-hydrogen) atoms. The molecule has 0 aliphatic heterocycles. The smallest absolute Gasteiger partial charge is 0.336 e. The summed E-state index contributed by atoms with van der Waals surface area (Å²) < 4.78 is 0. The third-order valence-electron chi connectivity index (χ3n) is 5.59. The summed E-state index contributed by atoms with van der Waals surface area (Å²) >= 11 is 0. The molecule has 0 bridgehead atoms. The molecule has 9 N–H and O–H groups in total. The van der Waals surface area contributed by atoms with Gasteiger partial charge < -0.3 is 37.6 Å². The van der Waals surface area contributed by atoms with E-state index in [0.717, 1.165) is 0 Å². The predicted octanol–water partition coefficient (Wildman–Crippen LogP) is 0.508. The van der Waals surface area contributed by atoms with Gasteiger partial charge in [-0.05, 0) is 36.4 Å². The number of carbonyl (C=O) groups excluding carboxylic acids is 2. The van der Waals surface area contributed by atoms with Crippen LogP contribution in [0.5, 0.6) is 0 Å². The Morgan fingerprint density at radius 1 is 0.875 bits per heavy atom. The van der Waals surface area contributed by atoms with Crippen molar-refractivity contribution in [1.29, 1.82) is 0 Å². The minimum absolute atomic E-state index is 0.00440. The van der Waals surface area contributed by atoms with E-state index in [4.69, 9.17) is 11.5 Å². The third kappa shape index (κ3) is 6.34. The lowest BCUT2D eigenvalue weighted by atomic mass is 10.1. The molecule has 1 atom stereocenters. The van der Waals surface area contributed by atoms with E-state index in [2.05, 4.69) is 35.9 Å². The number of rotatable bonds is 10. The lowest BCUT2D eigenvalue weighted by Crippen LogP contribution is -2.48. The molecule has 0 aliphatic carbocycles. The number of amides is 2. The van der Waals surface area contributed by atoms with Gasteiger partial charge in [0, 0.05) is 17.8 Å². The number of hydrogen-bond acceptors (Lipinski definition) is 11. The molecule has 0 radical (unpaired) electrons. The number of aromatic carboxylic acids is 1. The van der Waals surface area contributed by atoms with Crippen molar-refractivity contribution in [2.75, 3.05) is 23.3 Å². The maximum Gasteiger partial charge on any atom is 0.336 e. The monoisotopic (exact) mass is 545 g/mol. The quantitative estimate of drug-likeness (QED) is 0.144. The zero-order valence-electron chi connectivity index (χ0n) is 20.7. The van der Waals surface area contributed by atoms with Crippen LogP contribution in [0.4, 0.5) is 17.5 Å². The van der Waals surface area contributed by atoms with Crippen molar-refractivity contribution in [2.45, 2.75) is 12.6 Å². The topological polar surface area (TPSA) is 248 Å². The molecular formula is C25H23N9O6. The zero-order valence-corrected chi connectivity index (χ0v) is 20.7. The number of nitrogens with two attached hydrogens (primary N) is 2. The fourth-order valence-corrected chi connectivity index (χ4v) is 3.60. The van der Waals surface area contributed by atoms with E-state index in [-0.39, 0.29) is 40.6 Å². The first-order valence-corrected chi connectivity index (χ1v) is 11.6. The number of anilines is 3. The molecule has 0 saturated heterocycles. The molecule has 204 valence electrons. The average Bonchev–Trinajstić information content (AvgIpc) is 2.94. The van der Waals surface area contributed by atoms with Crippen LogP contribution < -0.4 is 27.4 Å². The molecule has 15 heteroatoms. The highest BCUT2D eigenvalue weighted by atomic mass is 16.4. The fourth-order valence-electron chi connectivity index (χ4n) is 3.60. The van der Waals surface area contributed by atoms with Crippen LogP contribution >= 0.6 is 0 Å². The molecule has 0 fully saturated rings. The minimum atomic E-state index is -1.47. The molecule has 2 heterocycles. The first-order chi connectivity index (χ1) is 19.1. The number of carboxylic acids is 2. The van der Waals surface area contributed by atoms with Gasteiger partial charge >= 0.3 is 11.9 Å². The molecule has 2 aromatic heterocycles. The van der Waals surface area contributed by atoms with Crippen molar-refractivity contribution in [1.82, 2.24) is 30.6 Å². The van der Waals surface area contributed by atoms with E-state index in [9.17, 15) is 29.4 Å². The summed E-state index contributed by atoms with van der Waals surface area (Å²) in [4.78, 5) is 64.5. The van der Waals surface area contributed by atoms with Crippen LogP contribution in [-0.2, 0) is 11.3 Å². The number of nitrogen functional groups attached to an aromatic ring is 2. The maximum absolute atomic E-state index is 12.7. The fraction of sp³-hybridized carbons (Fsp3) is 0.120. The van der Waals surface area contributed by atoms with E-state index in [1.54, 1.807) is 12.1 Å². The Labute approximate surface area is 225 Å². The largest absolute Gasteiger partial charge is 0.480 e. The maximum atomic E-state index is 12.7. The highest BCUT2D eigenvalue weighted by Crippen LogP contribution is 2.16. The minimum Gasteiger partial charge on any atom is -0.480 e. The van der Waals surface area contributed by atoms with Crippen molar-refractivity contribution in [3.8, 4) is 0 Å². The summed E-state index contributed by atoms with van der Waals surface area (Å²) in [6.07, 6.45) is 1.51. The SMILES string of the molecule is Nc1nc(N)c2nc(CNc3ccc(C(=O)N[C@@H](CNC(=O)c4ccccc4C(=O)O)C(=O)O)cc3)cnc2n1. The summed E-state index contributed by atoms with van der Waals surface area (Å²) in [6.45, 7) is -0.202. The number of hydrogen-bond donors (Lipinski definition) is 7. The van der Waals surface area contributed by atoms with Crippen molar-refractivity contribution in [3.63, 3.8) is 0 Å². The normalized spacial score (nSPS) is 11.4. The zero-order chi connectivity index (χ0) is 28.8. The number of aromatic nitrogens is 4. The number of carboxylic acid groups (broad SMARTS) is 2. The molecule has 0 aliphatic rings. The summed E-state index contributed by atoms with van der Waals surface area (Å²) in [5.74, 6) is -4.06. The Morgan fingerprint density at radius 3 is 2.25 bits per heavy atom. The number of fused-ring (bicyclic) bond motifs is 1.